The minimum Gasteiger partial charge on any atom is -0.310 e. The van der Waals surface area contributed by atoms with Crippen molar-refractivity contribution in [2.75, 3.05) is 4.90 Å². The first kappa shape index (κ1) is 33.2. The molecule has 264 valence electrons. The third kappa shape index (κ3) is 6.04. The van der Waals surface area contributed by atoms with Crippen LogP contribution in [0.5, 0.6) is 0 Å². The lowest BCUT2D eigenvalue weighted by molar-refractivity contribution is 1.18. The Kier molecular flexibility index (Phi) is 8.55. The number of anilines is 3. The SMILES string of the molecule is c1ccc(-c2ccc(-c3ccc(-n4c5ccccc5c5ccc(N(c6ccccc6)c6ccccc6-c6ccccc6)cc54)cc3-c3ccccc3)cc2)cc1. The van der Waals surface area contributed by atoms with E-state index in [4.69, 9.17) is 0 Å². The maximum atomic E-state index is 2.44. The van der Waals surface area contributed by atoms with E-state index in [1.807, 2.05) is 0 Å². The molecular formula is C54H38N2. The van der Waals surface area contributed by atoms with E-state index in [0.717, 1.165) is 28.3 Å². The summed E-state index contributed by atoms with van der Waals surface area (Å²) in [5, 5.41) is 2.45. The summed E-state index contributed by atoms with van der Waals surface area (Å²) in [7, 11) is 0. The van der Waals surface area contributed by atoms with Crippen molar-refractivity contribution < 1.29 is 0 Å². The summed E-state index contributed by atoms with van der Waals surface area (Å²) in [6.07, 6.45) is 0. The minimum absolute atomic E-state index is 1.09. The monoisotopic (exact) mass is 714 g/mol. The van der Waals surface area contributed by atoms with Gasteiger partial charge in [0, 0.05) is 33.4 Å². The van der Waals surface area contributed by atoms with Crippen molar-refractivity contribution in [3.8, 4) is 50.2 Å². The zero-order valence-electron chi connectivity index (χ0n) is 30.8. The van der Waals surface area contributed by atoms with E-state index in [1.54, 1.807) is 0 Å². The van der Waals surface area contributed by atoms with Crippen molar-refractivity contribution in [3.05, 3.63) is 231 Å². The van der Waals surface area contributed by atoms with Crippen molar-refractivity contribution in [1.82, 2.24) is 4.57 Å². The summed E-state index contributed by atoms with van der Waals surface area (Å²) in [6, 6.07) is 83.1. The average Bonchev–Trinajstić information content (AvgIpc) is 3.61. The van der Waals surface area contributed by atoms with Crippen LogP contribution in [0.2, 0.25) is 0 Å². The molecule has 10 aromatic rings. The molecule has 10 rings (SSSR count). The summed E-state index contributed by atoms with van der Waals surface area (Å²) >= 11 is 0. The third-order valence-corrected chi connectivity index (χ3v) is 10.8. The van der Waals surface area contributed by atoms with Crippen LogP contribution in [0.25, 0.3) is 72.0 Å². The molecule has 2 heteroatoms. The molecule has 0 fully saturated rings. The van der Waals surface area contributed by atoms with E-state index in [0.29, 0.717) is 0 Å². The van der Waals surface area contributed by atoms with E-state index >= 15 is 0 Å². The van der Waals surface area contributed by atoms with Gasteiger partial charge in [0.2, 0.25) is 0 Å². The first-order chi connectivity index (χ1) is 27.8. The lowest BCUT2D eigenvalue weighted by atomic mass is 9.93. The lowest BCUT2D eigenvalue weighted by Gasteiger charge is -2.28. The molecule has 0 saturated carbocycles. The zero-order valence-corrected chi connectivity index (χ0v) is 30.8. The standard InChI is InChI=1S/C54H38N2/c1-5-17-39(18-6-1)40-29-31-43(32-30-40)47-35-33-45(37-51(47)42-21-9-3-10-22-42)56-53-28-16-14-26-49(53)50-36-34-46(38-54(50)56)55(44-23-11-4-12-24-44)52-27-15-13-25-48(52)41-19-7-2-8-20-41/h1-38H. The van der Waals surface area contributed by atoms with Gasteiger partial charge in [-0.3, -0.25) is 0 Å². The Morgan fingerprint density at radius 3 is 1.52 bits per heavy atom. The largest absolute Gasteiger partial charge is 0.310 e. The predicted octanol–water partition coefficient (Wildman–Crippen LogP) is 14.9. The smallest absolute Gasteiger partial charge is 0.0561 e. The minimum atomic E-state index is 1.09. The number of aromatic nitrogens is 1. The van der Waals surface area contributed by atoms with E-state index in [2.05, 4.69) is 240 Å². The van der Waals surface area contributed by atoms with Gasteiger partial charge in [0.1, 0.15) is 0 Å². The van der Waals surface area contributed by atoms with E-state index < -0.39 is 0 Å². The molecule has 0 spiro atoms. The molecule has 0 aliphatic rings. The second-order valence-corrected chi connectivity index (χ2v) is 14.1. The Morgan fingerprint density at radius 2 is 0.804 bits per heavy atom. The molecule has 56 heavy (non-hydrogen) atoms. The first-order valence-corrected chi connectivity index (χ1v) is 19.2. The highest BCUT2D eigenvalue weighted by atomic mass is 15.1. The molecule has 2 nitrogen and oxygen atoms in total. The van der Waals surface area contributed by atoms with Gasteiger partial charge in [-0.25, -0.2) is 0 Å². The van der Waals surface area contributed by atoms with Crippen molar-refractivity contribution in [3.63, 3.8) is 0 Å². The highest BCUT2D eigenvalue weighted by Crippen LogP contribution is 2.44. The molecule has 0 aliphatic carbocycles. The number of hydrogen-bond donors (Lipinski definition) is 0. The molecule has 0 saturated heterocycles. The maximum absolute atomic E-state index is 2.44. The fourth-order valence-electron chi connectivity index (χ4n) is 8.16. The van der Waals surface area contributed by atoms with Gasteiger partial charge in [0.25, 0.3) is 0 Å². The fraction of sp³-hybridized carbons (Fsp3) is 0. The van der Waals surface area contributed by atoms with E-state index in [9.17, 15) is 0 Å². The molecule has 0 bridgehead atoms. The zero-order chi connectivity index (χ0) is 37.3. The molecule has 0 unspecified atom stereocenters. The van der Waals surface area contributed by atoms with Gasteiger partial charge >= 0.3 is 0 Å². The molecule has 0 atom stereocenters. The van der Waals surface area contributed by atoms with Crippen LogP contribution >= 0.6 is 0 Å². The van der Waals surface area contributed by atoms with Crippen molar-refractivity contribution in [2.45, 2.75) is 0 Å². The first-order valence-electron chi connectivity index (χ1n) is 19.2. The molecule has 1 heterocycles. The van der Waals surface area contributed by atoms with E-state index in [-0.39, 0.29) is 0 Å². The van der Waals surface area contributed by atoms with Gasteiger partial charge in [-0.1, -0.05) is 182 Å². The van der Waals surface area contributed by atoms with Crippen molar-refractivity contribution in [2.24, 2.45) is 0 Å². The number of hydrogen-bond acceptors (Lipinski definition) is 1. The molecule has 1 aromatic heterocycles. The van der Waals surface area contributed by atoms with E-state index in [1.165, 1.54) is 60.8 Å². The van der Waals surface area contributed by atoms with Crippen LogP contribution in [-0.2, 0) is 0 Å². The number of para-hydroxylation sites is 3. The second kappa shape index (κ2) is 14.4. The molecule has 9 aromatic carbocycles. The second-order valence-electron chi connectivity index (χ2n) is 14.1. The molecule has 0 amide bonds. The summed E-state index contributed by atoms with van der Waals surface area (Å²) < 4.78 is 2.44. The van der Waals surface area contributed by atoms with Crippen LogP contribution in [0.15, 0.2) is 231 Å². The lowest BCUT2D eigenvalue weighted by Crippen LogP contribution is -2.11. The summed E-state index contributed by atoms with van der Waals surface area (Å²) in [6.45, 7) is 0. The number of rotatable bonds is 8. The van der Waals surface area contributed by atoms with Crippen LogP contribution in [0.1, 0.15) is 0 Å². The van der Waals surface area contributed by atoms with Gasteiger partial charge in [0.05, 0.1) is 16.7 Å². The number of fused-ring (bicyclic) bond motifs is 3. The van der Waals surface area contributed by atoms with Gasteiger partial charge in [-0.15, -0.1) is 0 Å². The Morgan fingerprint density at radius 1 is 0.286 bits per heavy atom. The van der Waals surface area contributed by atoms with Gasteiger partial charge < -0.3 is 9.47 Å². The van der Waals surface area contributed by atoms with Crippen LogP contribution in [-0.4, -0.2) is 4.57 Å². The predicted molar refractivity (Wildman–Crippen MR) is 237 cm³/mol. The maximum Gasteiger partial charge on any atom is 0.0561 e. The van der Waals surface area contributed by atoms with Crippen molar-refractivity contribution >= 4 is 38.9 Å². The van der Waals surface area contributed by atoms with Gasteiger partial charge in [-0.2, -0.15) is 0 Å². The molecule has 0 radical (unpaired) electrons. The normalized spacial score (nSPS) is 11.2. The van der Waals surface area contributed by atoms with Crippen LogP contribution in [0, 0.1) is 0 Å². The molecule has 0 aliphatic heterocycles. The Bertz CT molecular complexity index is 2930. The Labute approximate surface area is 327 Å². The Balaban J connectivity index is 1.17. The number of benzene rings is 9. The van der Waals surface area contributed by atoms with Crippen molar-refractivity contribution in [1.29, 1.82) is 0 Å². The Hall–Kier alpha value is -7.42. The number of nitrogens with zero attached hydrogens (tertiary/aromatic N) is 2. The highest BCUT2D eigenvalue weighted by molar-refractivity contribution is 6.10. The quantitative estimate of drug-likeness (QED) is 0.152. The molecular weight excluding hydrogens is 677 g/mol. The van der Waals surface area contributed by atoms with Gasteiger partial charge in [-0.05, 0) is 87.5 Å². The summed E-state index contributed by atoms with van der Waals surface area (Å²) in [5.41, 5.74) is 16.3. The van der Waals surface area contributed by atoms with Crippen LogP contribution in [0.3, 0.4) is 0 Å². The third-order valence-electron chi connectivity index (χ3n) is 10.8. The fourth-order valence-corrected chi connectivity index (χ4v) is 8.16. The topological polar surface area (TPSA) is 8.17 Å². The molecule has 0 N–H and O–H groups in total. The van der Waals surface area contributed by atoms with Crippen LogP contribution < -0.4 is 4.90 Å². The van der Waals surface area contributed by atoms with Gasteiger partial charge in [0.15, 0.2) is 0 Å². The highest BCUT2D eigenvalue weighted by Gasteiger charge is 2.20. The van der Waals surface area contributed by atoms with Crippen LogP contribution in [0.4, 0.5) is 17.1 Å². The average molecular weight is 715 g/mol. The summed E-state index contributed by atoms with van der Waals surface area (Å²) in [4.78, 5) is 2.39. The summed E-state index contributed by atoms with van der Waals surface area (Å²) in [5.74, 6) is 0.